The van der Waals surface area contributed by atoms with Gasteiger partial charge in [-0.3, -0.25) is 0 Å². The van der Waals surface area contributed by atoms with Crippen molar-refractivity contribution >= 4 is 33.8 Å². The van der Waals surface area contributed by atoms with Crippen LogP contribution in [-0.2, 0) is 11.2 Å². The molecule has 2 aromatic rings. The van der Waals surface area contributed by atoms with Gasteiger partial charge >= 0.3 is 0 Å². The molecule has 1 atom stereocenters. The fourth-order valence-electron chi connectivity index (χ4n) is 1.83. The van der Waals surface area contributed by atoms with Crippen molar-refractivity contribution in [2.45, 2.75) is 12.3 Å². The number of carbonyl (C=O) groups excluding carboxylic acids is 1. The van der Waals surface area contributed by atoms with E-state index in [-0.39, 0.29) is 5.92 Å². The lowest BCUT2D eigenvalue weighted by atomic mass is 9.93. The number of aldehydes is 1. The Morgan fingerprint density at radius 2 is 1.67 bits per heavy atom. The molecule has 2 aromatic carbocycles. The van der Waals surface area contributed by atoms with Crippen molar-refractivity contribution < 1.29 is 4.79 Å². The molecule has 0 heterocycles. The van der Waals surface area contributed by atoms with Crippen molar-refractivity contribution in [3.05, 3.63) is 69.2 Å². The number of carbonyl (C=O) groups is 1. The van der Waals surface area contributed by atoms with Gasteiger partial charge in [0.15, 0.2) is 0 Å². The fourth-order valence-corrected chi connectivity index (χ4v) is 2.22. The zero-order valence-corrected chi connectivity index (χ0v) is 12.0. The summed E-state index contributed by atoms with van der Waals surface area (Å²) < 4.78 is 1.02. The van der Waals surface area contributed by atoms with Gasteiger partial charge < -0.3 is 4.79 Å². The van der Waals surface area contributed by atoms with E-state index in [0.29, 0.717) is 11.4 Å². The second-order valence-electron chi connectivity index (χ2n) is 4.12. The molecule has 0 bridgehead atoms. The molecule has 0 spiro atoms. The average Bonchev–Trinajstić information content (AvgIpc) is 2.39. The topological polar surface area (TPSA) is 17.1 Å². The normalized spacial score (nSPS) is 12.1. The molecule has 0 saturated heterocycles. The third kappa shape index (κ3) is 3.44. The molecule has 92 valence electrons. The molecule has 0 aliphatic rings. The van der Waals surface area contributed by atoms with E-state index >= 15 is 0 Å². The Morgan fingerprint density at radius 3 is 2.22 bits per heavy atom. The molecule has 0 aliphatic carbocycles. The highest BCUT2D eigenvalue weighted by atomic mass is 79.9. The maximum absolute atomic E-state index is 11.2. The van der Waals surface area contributed by atoms with Crippen LogP contribution in [0.5, 0.6) is 0 Å². The van der Waals surface area contributed by atoms with Crippen molar-refractivity contribution in [2.75, 3.05) is 0 Å². The van der Waals surface area contributed by atoms with Gasteiger partial charge in [-0.1, -0.05) is 51.8 Å². The number of benzene rings is 2. The monoisotopic (exact) mass is 322 g/mol. The summed E-state index contributed by atoms with van der Waals surface area (Å²) in [6.45, 7) is 0. The molecule has 0 radical (unpaired) electrons. The molecule has 0 aliphatic heterocycles. The summed E-state index contributed by atoms with van der Waals surface area (Å²) in [5, 5.41) is 0.713. The van der Waals surface area contributed by atoms with Crippen LogP contribution in [0, 0.1) is 0 Å². The van der Waals surface area contributed by atoms with Crippen molar-refractivity contribution in [2.24, 2.45) is 0 Å². The van der Waals surface area contributed by atoms with Crippen LogP contribution in [0.15, 0.2) is 53.0 Å². The molecule has 0 fully saturated rings. The molecule has 3 heteroatoms. The van der Waals surface area contributed by atoms with Crippen LogP contribution >= 0.6 is 27.5 Å². The zero-order valence-electron chi connectivity index (χ0n) is 9.64. The summed E-state index contributed by atoms with van der Waals surface area (Å²) in [5.74, 6) is -0.112. The lowest BCUT2D eigenvalue weighted by Crippen LogP contribution is -2.04. The standard InChI is InChI=1S/C15H12BrClO/c16-14-5-3-12(4-6-14)13(10-18)9-11-1-7-15(17)8-2-11/h1-8,10,13H,9H2. The number of halogens is 2. The highest BCUT2D eigenvalue weighted by Crippen LogP contribution is 2.22. The van der Waals surface area contributed by atoms with E-state index in [4.69, 9.17) is 11.6 Å². The second kappa shape index (κ2) is 6.17. The molecule has 0 saturated carbocycles. The van der Waals surface area contributed by atoms with E-state index in [1.807, 2.05) is 48.5 Å². The molecule has 1 nitrogen and oxygen atoms in total. The Hall–Kier alpha value is -1.12. The number of rotatable bonds is 4. The van der Waals surface area contributed by atoms with E-state index in [9.17, 15) is 4.79 Å². The van der Waals surface area contributed by atoms with Gasteiger partial charge in [0.05, 0.1) is 0 Å². The highest BCUT2D eigenvalue weighted by Gasteiger charge is 2.11. The fraction of sp³-hybridized carbons (Fsp3) is 0.133. The zero-order chi connectivity index (χ0) is 13.0. The van der Waals surface area contributed by atoms with E-state index in [1.54, 1.807) is 0 Å². The van der Waals surface area contributed by atoms with E-state index in [0.717, 1.165) is 21.9 Å². The summed E-state index contributed by atoms with van der Waals surface area (Å²) in [7, 11) is 0. The minimum Gasteiger partial charge on any atom is -0.303 e. The summed E-state index contributed by atoms with van der Waals surface area (Å²) >= 11 is 9.23. The molecule has 2 rings (SSSR count). The van der Waals surface area contributed by atoms with Crippen LogP contribution in [0.25, 0.3) is 0 Å². The van der Waals surface area contributed by atoms with E-state index in [1.165, 1.54) is 0 Å². The first-order valence-corrected chi connectivity index (χ1v) is 6.81. The van der Waals surface area contributed by atoms with Crippen LogP contribution in [-0.4, -0.2) is 6.29 Å². The Balaban J connectivity index is 2.16. The van der Waals surface area contributed by atoms with Crippen molar-refractivity contribution in [1.82, 2.24) is 0 Å². The SMILES string of the molecule is O=CC(Cc1ccc(Cl)cc1)c1ccc(Br)cc1. The van der Waals surface area contributed by atoms with Gasteiger partial charge in [0.25, 0.3) is 0 Å². The first-order chi connectivity index (χ1) is 8.69. The van der Waals surface area contributed by atoms with Gasteiger partial charge in [0, 0.05) is 15.4 Å². The Kier molecular flexibility index (Phi) is 4.56. The summed E-state index contributed by atoms with van der Waals surface area (Å²) in [6, 6.07) is 15.5. The van der Waals surface area contributed by atoms with Crippen LogP contribution < -0.4 is 0 Å². The summed E-state index contributed by atoms with van der Waals surface area (Å²) in [6.07, 6.45) is 1.69. The van der Waals surface area contributed by atoms with Crippen LogP contribution in [0.4, 0.5) is 0 Å². The van der Waals surface area contributed by atoms with Gasteiger partial charge in [-0.15, -0.1) is 0 Å². The predicted octanol–water partition coefficient (Wildman–Crippen LogP) is 4.63. The molecule has 18 heavy (non-hydrogen) atoms. The number of hydrogen-bond donors (Lipinski definition) is 0. The maximum atomic E-state index is 11.2. The van der Waals surface area contributed by atoms with Crippen LogP contribution in [0.1, 0.15) is 17.0 Å². The third-order valence-corrected chi connectivity index (χ3v) is 3.61. The quantitative estimate of drug-likeness (QED) is 0.750. The van der Waals surface area contributed by atoms with E-state index < -0.39 is 0 Å². The predicted molar refractivity (Wildman–Crippen MR) is 78.1 cm³/mol. The molecule has 0 N–H and O–H groups in total. The summed E-state index contributed by atoms with van der Waals surface area (Å²) in [5.41, 5.74) is 2.14. The lowest BCUT2D eigenvalue weighted by molar-refractivity contribution is -0.109. The maximum Gasteiger partial charge on any atom is 0.127 e. The van der Waals surface area contributed by atoms with Crippen molar-refractivity contribution in [1.29, 1.82) is 0 Å². The smallest absolute Gasteiger partial charge is 0.127 e. The van der Waals surface area contributed by atoms with Gasteiger partial charge in [0.2, 0.25) is 0 Å². The summed E-state index contributed by atoms with van der Waals surface area (Å²) in [4.78, 5) is 11.2. The highest BCUT2D eigenvalue weighted by molar-refractivity contribution is 9.10. The Morgan fingerprint density at radius 1 is 1.06 bits per heavy atom. The van der Waals surface area contributed by atoms with Crippen molar-refractivity contribution in [3.8, 4) is 0 Å². The largest absolute Gasteiger partial charge is 0.303 e. The molecular formula is C15H12BrClO. The Labute approximate surface area is 120 Å². The number of hydrogen-bond acceptors (Lipinski definition) is 1. The van der Waals surface area contributed by atoms with Gasteiger partial charge in [-0.2, -0.15) is 0 Å². The molecule has 0 aromatic heterocycles. The van der Waals surface area contributed by atoms with Gasteiger partial charge in [-0.25, -0.2) is 0 Å². The first kappa shape index (κ1) is 13.3. The average molecular weight is 324 g/mol. The van der Waals surface area contributed by atoms with E-state index in [2.05, 4.69) is 15.9 Å². The molecular weight excluding hydrogens is 312 g/mol. The Bertz CT molecular complexity index is 519. The minimum atomic E-state index is -0.112. The first-order valence-electron chi connectivity index (χ1n) is 5.64. The third-order valence-electron chi connectivity index (χ3n) is 2.83. The second-order valence-corrected chi connectivity index (χ2v) is 5.48. The van der Waals surface area contributed by atoms with Crippen molar-refractivity contribution in [3.63, 3.8) is 0 Å². The van der Waals surface area contributed by atoms with Crippen LogP contribution in [0.2, 0.25) is 5.02 Å². The molecule has 0 amide bonds. The van der Waals surface area contributed by atoms with Gasteiger partial charge in [0.1, 0.15) is 6.29 Å². The van der Waals surface area contributed by atoms with Crippen LogP contribution in [0.3, 0.4) is 0 Å². The lowest BCUT2D eigenvalue weighted by Gasteiger charge is -2.11. The molecule has 1 unspecified atom stereocenters. The minimum absolute atomic E-state index is 0.112. The van der Waals surface area contributed by atoms with Gasteiger partial charge in [-0.05, 0) is 41.8 Å².